The smallest absolute Gasteiger partial charge is 0.329 e. The summed E-state index contributed by atoms with van der Waals surface area (Å²) >= 11 is 0. The fraction of sp³-hybridized carbons (Fsp3) is 0.489. The van der Waals surface area contributed by atoms with E-state index in [-0.39, 0.29) is 52.9 Å². The first-order valence-corrected chi connectivity index (χ1v) is 21.4. The molecule has 1 saturated heterocycles. The zero-order valence-electron chi connectivity index (χ0n) is 34.1. The molecule has 1 unspecified atom stereocenters. The number of likely N-dealkylation sites (tertiary alicyclic amines) is 1. The summed E-state index contributed by atoms with van der Waals surface area (Å²) in [6.07, 6.45) is 9.74. The maximum Gasteiger partial charge on any atom is 0.329 e. The third kappa shape index (κ3) is 8.79. The van der Waals surface area contributed by atoms with Crippen molar-refractivity contribution in [3.63, 3.8) is 0 Å². The summed E-state index contributed by atoms with van der Waals surface area (Å²) in [5.74, 6) is 8.14. The van der Waals surface area contributed by atoms with Crippen molar-refractivity contribution in [2.24, 2.45) is 24.8 Å². The van der Waals surface area contributed by atoms with Gasteiger partial charge in [0.2, 0.25) is 5.89 Å². The van der Waals surface area contributed by atoms with Crippen LogP contribution in [0.3, 0.4) is 0 Å². The number of hydrogen-bond donors (Lipinski definition) is 2. The molecule has 1 atom stereocenters. The van der Waals surface area contributed by atoms with Crippen molar-refractivity contribution in [1.29, 1.82) is 0 Å². The summed E-state index contributed by atoms with van der Waals surface area (Å²) in [7, 11) is 1.70. The van der Waals surface area contributed by atoms with Crippen LogP contribution in [0.25, 0.3) is 22.5 Å². The topological polar surface area (TPSA) is 162 Å². The van der Waals surface area contributed by atoms with Crippen molar-refractivity contribution in [1.82, 2.24) is 33.8 Å². The van der Waals surface area contributed by atoms with Crippen molar-refractivity contribution in [2.75, 3.05) is 36.8 Å². The van der Waals surface area contributed by atoms with E-state index in [0.717, 1.165) is 70.3 Å². The first-order valence-electron chi connectivity index (χ1n) is 21.4. The molecule has 61 heavy (non-hydrogen) atoms. The third-order valence-electron chi connectivity index (χ3n) is 12.8. The molecule has 16 heteroatoms. The molecule has 1 aliphatic heterocycles. The Bertz CT molecular complexity index is 2580. The number of benzene rings is 1. The van der Waals surface area contributed by atoms with Gasteiger partial charge in [0.25, 0.3) is 12.3 Å². The normalized spacial score (nSPS) is 21.5. The molecule has 2 N–H and O–H groups in total. The fourth-order valence-corrected chi connectivity index (χ4v) is 9.15. The molecule has 1 amide bonds. The number of fused-ring (bicyclic) bond motifs is 1. The lowest BCUT2D eigenvalue weighted by molar-refractivity contribution is -0.132. The van der Waals surface area contributed by atoms with E-state index in [9.17, 15) is 28.0 Å². The molecule has 9 rings (SSSR count). The summed E-state index contributed by atoms with van der Waals surface area (Å²) in [5, 5.41) is 10.1. The average Bonchev–Trinajstić information content (AvgIpc) is 3.67. The minimum atomic E-state index is -2.87. The Morgan fingerprint density at radius 3 is 2.54 bits per heavy atom. The van der Waals surface area contributed by atoms with Crippen molar-refractivity contribution in [3.05, 3.63) is 76.4 Å². The van der Waals surface area contributed by atoms with Crippen molar-refractivity contribution >= 4 is 40.0 Å². The van der Waals surface area contributed by atoms with E-state index in [2.05, 4.69) is 42.4 Å². The monoisotopic (exact) mass is 833 g/mol. The number of nitrogens with zero attached hydrogens (tertiary/aromatic N) is 7. The number of aromatic nitrogens is 6. The van der Waals surface area contributed by atoms with Gasteiger partial charge in [-0.3, -0.25) is 28.2 Å². The standard InChI is InChI=1S/C45H49F2N9O5/c1-53-41-30(3-2-4-37(41)56(45(53)60)36-14-13-33(57)22-38(36)58)10-7-27-16-19-54(20-17-27)24-29-8-11-32(12-9-29)55-25-34(40(52-55)42(46)47)50-43(59)35-26-61-44(51-35)31-15-18-48-39(21-31)49-23-28-5-6-28/h2-4,15,18,21,25-29,32,36,42H,5-6,8-9,11-14,16-17,19-20,22-24H2,1H3,(H,48,49)(H,50,59). The SMILES string of the molecule is Cn1c(=O)n(C2CCC(=O)CC2=O)c2cccc(C#CC3CCN(CC4CCC(n5cc(NC(=O)c6coc(-c7ccnc(NCC8CC8)c7)n6)c(C(F)F)n5)CC4)CC3)c21. The minimum Gasteiger partial charge on any atom is -0.444 e. The second-order valence-corrected chi connectivity index (χ2v) is 17.1. The van der Waals surface area contributed by atoms with E-state index in [1.165, 1.54) is 29.9 Å². The van der Waals surface area contributed by atoms with Crippen molar-refractivity contribution in [2.45, 2.75) is 89.1 Å². The van der Waals surface area contributed by atoms with Crippen molar-refractivity contribution < 1.29 is 27.6 Å². The van der Waals surface area contributed by atoms with Gasteiger partial charge in [0.05, 0.1) is 40.8 Å². The highest BCUT2D eigenvalue weighted by molar-refractivity contribution is 6.04. The Hall–Kier alpha value is -5.95. The summed E-state index contributed by atoms with van der Waals surface area (Å²) in [4.78, 5) is 62.2. The quantitative estimate of drug-likeness (QED) is 0.105. The van der Waals surface area contributed by atoms with Crippen LogP contribution in [0.4, 0.5) is 20.3 Å². The molecule has 5 aromatic rings. The van der Waals surface area contributed by atoms with Gasteiger partial charge in [-0.05, 0) is 107 Å². The Kier molecular flexibility index (Phi) is 11.4. The molecule has 0 bridgehead atoms. The first kappa shape index (κ1) is 40.5. The molecule has 1 aromatic carbocycles. The lowest BCUT2D eigenvalue weighted by Gasteiger charge is -2.35. The number of Topliss-reactive ketones (excluding diaryl/α,β-unsaturated/α-hetero) is 2. The maximum absolute atomic E-state index is 14.2. The molecule has 318 valence electrons. The summed E-state index contributed by atoms with van der Waals surface area (Å²) in [6.45, 7) is 3.66. The van der Waals surface area contributed by atoms with Crippen LogP contribution in [0.5, 0.6) is 0 Å². The summed E-state index contributed by atoms with van der Waals surface area (Å²) in [6, 6.07) is 8.45. The molecule has 4 fully saturated rings. The lowest BCUT2D eigenvalue weighted by atomic mass is 9.85. The summed E-state index contributed by atoms with van der Waals surface area (Å²) < 4.78 is 38.6. The van der Waals surface area contributed by atoms with Crippen LogP contribution in [0.1, 0.15) is 111 Å². The molecule has 4 aromatic heterocycles. The molecule has 14 nitrogen and oxygen atoms in total. The number of pyridine rings is 1. The number of oxazole rings is 1. The van der Waals surface area contributed by atoms with Crippen LogP contribution >= 0.6 is 0 Å². The Labute approximate surface area is 351 Å². The van der Waals surface area contributed by atoms with Crippen LogP contribution in [-0.4, -0.2) is 77.4 Å². The van der Waals surface area contributed by atoms with Gasteiger partial charge >= 0.3 is 5.69 Å². The number of anilines is 2. The van der Waals surface area contributed by atoms with Crippen LogP contribution in [-0.2, 0) is 16.6 Å². The number of para-hydroxylation sites is 1. The van der Waals surface area contributed by atoms with Gasteiger partial charge in [-0.2, -0.15) is 5.10 Å². The second-order valence-electron chi connectivity index (χ2n) is 17.1. The van der Waals surface area contributed by atoms with E-state index < -0.39 is 24.1 Å². The highest BCUT2D eigenvalue weighted by Gasteiger charge is 2.33. The number of rotatable bonds is 11. The van der Waals surface area contributed by atoms with Gasteiger partial charge in [-0.15, -0.1) is 0 Å². The number of ketones is 2. The van der Waals surface area contributed by atoms with Gasteiger partial charge in [-0.1, -0.05) is 17.9 Å². The first-order chi connectivity index (χ1) is 29.6. The van der Waals surface area contributed by atoms with Crippen molar-refractivity contribution in [3.8, 4) is 23.3 Å². The van der Waals surface area contributed by atoms with Gasteiger partial charge < -0.3 is 20.0 Å². The van der Waals surface area contributed by atoms with E-state index >= 15 is 0 Å². The fourth-order valence-electron chi connectivity index (χ4n) is 9.15. The number of carbonyl (C=O) groups is 3. The molecular weight excluding hydrogens is 785 g/mol. The zero-order chi connectivity index (χ0) is 42.2. The minimum absolute atomic E-state index is 0.0318. The molecule has 4 aliphatic rings. The molecule has 0 radical (unpaired) electrons. The number of hydrogen-bond acceptors (Lipinski definition) is 10. The molecule has 5 heterocycles. The van der Waals surface area contributed by atoms with Gasteiger partial charge in [0.1, 0.15) is 17.9 Å². The number of piperidine rings is 1. The number of nitrogens with one attached hydrogen (secondary N) is 2. The second kappa shape index (κ2) is 17.2. The van der Waals surface area contributed by atoms with Crippen LogP contribution in [0, 0.1) is 29.6 Å². The highest BCUT2D eigenvalue weighted by Crippen LogP contribution is 2.36. The van der Waals surface area contributed by atoms with Gasteiger partial charge in [0.15, 0.2) is 17.2 Å². The predicted octanol–water partition coefficient (Wildman–Crippen LogP) is 6.96. The maximum atomic E-state index is 14.2. The molecular formula is C45H49F2N9O5. The van der Waals surface area contributed by atoms with Crippen LogP contribution < -0.4 is 16.3 Å². The van der Waals surface area contributed by atoms with E-state index in [1.54, 1.807) is 34.6 Å². The van der Waals surface area contributed by atoms with Gasteiger partial charge in [-0.25, -0.2) is 23.5 Å². The number of carbonyl (C=O) groups excluding carboxylic acids is 3. The highest BCUT2D eigenvalue weighted by atomic mass is 19.3. The number of imidazole rings is 1. The third-order valence-corrected chi connectivity index (χ3v) is 12.8. The van der Waals surface area contributed by atoms with E-state index in [1.807, 2.05) is 18.2 Å². The molecule has 3 aliphatic carbocycles. The number of alkyl halides is 2. The van der Waals surface area contributed by atoms with Crippen LogP contribution in [0.2, 0.25) is 0 Å². The average molecular weight is 834 g/mol. The Balaban J connectivity index is 0.769. The van der Waals surface area contributed by atoms with Gasteiger partial charge in [0, 0.05) is 50.4 Å². The number of halogens is 2. The van der Waals surface area contributed by atoms with E-state index in [4.69, 9.17) is 4.42 Å². The lowest BCUT2D eigenvalue weighted by Crippen LogP contribution is -2.38. The molecule has 0 spiro atoms. The zero-order valence-corrected chi connectivity index (χ0v) is 34.1. The summed E-state index contributed by atoms with van der Waals surface area (Å²) in [5.41, 5.74) is 1.93. The molecule has 3 saturated carbocycles. The van der Waals surface area contributed by atoms with Crippen LogP contribution in [0.15, 0.2) is 58.2 Å². The largest absolute Gasteiger partial charge is 0.444 e. The number of amides is 1. The number of aryl methyl sites for hydroxylation is 1. The Morgan fingerprint density at radius 1 is 1.00 bits per heavy atom. The van der Waals surface area contributed by atoms with E-state index in [0.29, 0.717) is 47.1 Å². The Morgan fingerprint density at radius 2 is 1.79 bits per heavy atom. The predicted molar refractivity (Wildman–Crippen MR) is 223 cm³/mol.